The highest BCUT2D eigenvalue weighted by atomic mass is 35.5. The lowest BCUT2D eigenvalue weighted by atomic mass is 10.0. The van der Waals surface area contributed by atoms with Crippen molar-refractivity contribution in [2.24, 2.45) is 10.7 Å². The molecule has 3 heterocycles. The first-order chi connectivity index (χ1) is 12.0. The maximum atomic E-state index is 12.7. The number of pyridine rings is 1. The lowest BCUT2D eigenvalue weighted by Gasteiger charge is -2.37. The molecule has 1 atom stereocenters. The Hall–Kier alpha value is -1.64. The molecule has 2 aromatic rings. The van der Waals surface area contributed by atoms with E-state index in [0.717, 1.165) is 4.88 Å². The Morgan fingerprint density at radius 3 is 2.62 bits per heavy atom. The van der Waals surface area contributed by atoms with E-state index in [4.69, 9.17) is 22.1 Å². The van der Waals surface area contributed by atoms with Gasteiger partial charge in [0.2, 0.25) is 5.88 Å². The summed E-state index contributed by atoms with van der Waals surface area (Å²) in [7, 11) is -1.94. The van der Waals surface area contributed by atoms with Crippen molar-refractivity contribution in [3.8, 4) is 16.5 Å². The van der Waals surface area contributed by atoms with Crippen LogP contribution in [0.1, 0.15) is 25.6 Å². The molecule has 9 heteroatoms. The molecule has 140 valence electrons. The number of aliphatic imine (C=N–C) groups is 1. The highest BCUT2D eigenvalue weighted by Gasteiger charge is 2.49. The molecule has 0 spiro atoms. The number of sulfone groups is 1. The van der Waals surface area contributed by atoms with Crippen LogP contribution in [0.2, 0.25) is 5.02 Å². The molecule has 0 saturated heterocycles. The Kier molecular flexibility index (Phi) is 4.57. The molecule has 0 unspecified atom stereocenters. The fraction of sp³-hybridized carbons (Fsp3) is 0.412. The van der Waals surface area contributed by atoms with E-state index in [1.165, 1.54) is 11.3 Å². The second kappa shape index (κ2) is 6.21. The molecule has 0 radical (unpaired) electrons. The molecule has 0 bridgehead atoms. The van der Waals surface area contributed by atoms with Gasteiger partial charge in [0.1, 0.15) is 16.1 Å². The second-order valence-electron chi connectivity index (χ2n) is 6.89. The largest absolute Gasteiger partial charge is 0.481 e. The van der Waals surface area contributed by atoms with Crippen molar-refractivity contribution in [1.29, 1.82) is 0 Å². The smallest absolute Gasteiger partial charge is 0.213 e. The number of nitrogens with zero attached hydrogens (tertiary/aromatic N) is 2. The first kappa shape index (κ1) is 19.1. The van der Waals surface area contributed by atoms with Gasteiger partial charge in [-0.15, -0.1) is 11.3 Å². The van der Waals surface area contributed by atoms with Gasteiger partial charge in [0.05, 0.1) is 33.3 Å². The van der Waals surface area contributed by atoms with E-state index in [0.29, 0.717) is 21.5 Å². The van der Waals surface area contributed by atoms with Crippen LogP contribution in [0, 0.1) is 0 Å². The minimum absolute atomic E-state index is 0.0942. The molecule has 26 heavy (non-hydrogen) atoms. The fourth-order valence-corrected chi connectivity index (χ4v) is 6.15. The number of halogens is 1. The lowest BCUT2D eigenvalue weighted by Crippen LogP contribution is -2.54. The SMILES string of the molecule is COc1cccc(-c2cc(Cl)c([C@]3(C)CS(=O)(=O)C(C)(C)C(N)=N3)s2)n1. The second-order valence-corrected chi connectivity index (χ2v) is 10.9. The molecule has 0 fully saturated rings. The average Bonchev–Trinajstić information content (AvgIpc) is 2.95. The van der Waals surface area contributed by atoms with Crippen LogP contribution < -0.4 is 10.5 Å². The molecule has 3 rings (SSSR count). The number of thiophene rings is 1. The van der Waals surface area contributed by atoms with Gasteiger partial charge in [-0.25, -0.2) is 13.4 Å². The van der Waals surface area contributed by atoms with Crippen molar-refractivity contribution < 1.29 is 13.2 Å². The van der Waals surface area contributed by atoms with Crippen molar-refractivity contribution in [1.82, 2.24) is 4.98 Å². The summed E-state index contributed by atoms with van der Waals surface area (Å²) >= 11 is 7.81. The predicted molar refractivity (Wildman–Crippen MR) is 106 cm³/mol. The van der Waals surface area contributed by atoms with Gasteiger partial charge < -0.3 is 10.5 Å². The summed E-state index contributed by atoms with van der Waals surface area (Å²) in [5, 5.41) is 0.448. The molecule has 0 aromatic carbocycles. The summed E-state index contributed by atoms with van der Waals surface area (Å²) in [6.45, 7) is 4.89. The third kappa shape index (κ3) is 3.00. The van der Waals surface area contributed by atoms with Gasteiger partial charge in [-0.3, -0.25) is 4.99 Å². The number of nitrogens with two attached hydrogens (primary N) is 1. The Morgan fingerprint density at radius 2 is 2.00 bits per heavy atom. The molecule has 0 amide bonds. The summed E-state index contributed by atoms with van der Waals surface area (Å²) in [6.07, 6.45) is 0. The Balaban J connectivity index is 2.11. The predicted octanol–water partition coefficient (Wildman–Crippen LogP) is 3.25. The normalized spacial score (nSPS) is 24.1. The third-order valence-corrected chi connectivity index (χ3v) is 9.12. The summed E-state index contributed by atoms with van der Waals surface area (Å²) in [5.74, 6) is 0.430. The van der Waals surface area contributed by atoms with E-state index < -0.39 is 20.1 Å². The summed E-state index contributed by atoms with van der Waals surface area (Å²) < 4.78 is 29.5. The number of rotatable bonds is 3. The van der Waals surface area contributed by atoms with E-state index in [1.807, 2.05) is 12.1 Å². The van der Waals surface area contributed by atoms with Crippen LogP contribution in [-0.2, 0) is 15.4 Å². The first-order valence-electron chi connectivity index (χ1n) is 7.89. The minimum atomic E-state index is -3.49. The number of methoxy groups -OCH3 is 1. The van der Waals surface area contributed by atoms with Crippen molar-refractivity contribution in [2.45, 2.75) is 31.1 Å². The maximum Gasteiger partial charge on any atom is 0.213 e. The topological polar surface area (TPSA) is 94.6 Å². The van der Waals surface area contributed by atoms with Crippen LogP contribution in [0.15, 0.2) is 29.3 Å². The van der Waals surface area contributed by atoms with Gasteiger partial charge in [0.25, 0.3) is 0 Å². The van der Waals surface area contributed by atoms with Gasteiger partial charge in [-0.2, -0.15) is 0 Å². The van der Waals surface area contributed by atoms with Crippen molar-refractivity contribution in [3.05, 3.63) is 34.2 Å². The number of hydrogen-bond donors (Lipinski definition) is 1. The quantitative estimate of drug-likeness (QED) is 0.833. The van der Waals surface area contributed by atoms with Crippen LogP contribution in [0.5, 0.6) is 5.88 Å². The Bertz CT molecular complexity index is 998. The van der Waals surface area contributed by atoms with Crippen LogP contribution in [0.3, 0.4) is 0 Å². The van der Waals surface area contributed by atoms with Crippen LogP contribution in [0.4, 0.5) is 0 Å². The van der Waals surface area contributed by atoms with Crippen molar-refractivity contribution in [2.75, 3.05) is 12.9 Å². The van der Waals surface area contributed by atoms with Gasteiger partial charge in [-0.05, 0) is 32.9 Å². The van der Waals surface area contributed by atoms with Crippen LogP contribution in [-0.4, -0.2) is 36.8 Å². The molecule has 2 aromatic heterocycles. The molecular formula is C17H20ClN3O3S2. The van der Waals surface area contributed by atoms with Crippen molar-refractivity contribution in [3.63, 3.8) is 0 Å². The lowest BCUT2D eigenvalue weighted by molar-refractivity contribution is 0.398. The van der Waals surface area contributed by atoms with E-state index in [2.05, 4.69) is 9.98 Å². The summed E-state index contributed by atoms with van der Waals surface area (Å²) in [6, 6.07) is 7.20. The molecular weight excluding hydrogens is 394 g/mol. The molecule has 0 saturated carbocycles. The number of amidine groups is 1. The third-order valence-electron chi connectivity index (χ3n) is 4.59. The Morgan fingerprint density at radius 1 is 1.31 bits per heavy atom. The van der Waals surface area contributed by atoms with E-state index in [1.54, 1.807) is 40.0 Å². The highest BCUT2D eigenvalue weighted by molar-refractivity contribution is 7.93. The zero-order chi connectivity index (χ0) is 19.3. The monoisotopic (exact) mass is 413 g/mol. The zero-order valence-corrected chi connectivity index (χ0v) is 17.3. The van der Waals surface area contributed by atoms with Gasteiger partial charge >= 0.3 is 0 Å². The van der Waals surface area contributed by atoms with E-state index in [-0.39, 0.29) is 11.6 Å². The van der Waals surface area contributed by atoms with Crippen LogP contribution >= 0.6 is 22.9 Å². The van der Waals surface area contributed by atoms with Gasteiger partial charge in [0.15, 0.2) is 9.84 Å². The molecule has 1 aliphatic rings. The van der Waals surface area contributed by atoms with Crippen LogP contribution in [0.25, 0.3) is 10.6 Å². The maximum absolute atomic E-state index is 12.7. The van der Waals surface area contributed by atoms with E-state index in [9.17, 15) is 8.42 Å². The average molecular weight is 414 g/mol. The zero-order valence-electron chi connectivity index (χ0n) is 14.9. The fourth-order valence-electron chi connectivity index (χ4n) is 2.79. The standard InChI is InChI=1S/C17H20ClN3O3S2/c1-16(2)15(19)21-17(3,9-26(16,22)23)14-10(18)8-12(25-14)11-6-5-7-13(20-11)24-4/h5-8H,9H2,1-4H3,(H2,19,21)/t17-/m0/s1. The van der Waals surface area contributed by atoms with Crippen molar-refractivity contribution >= 4 is 38.6 Å². The number of hydrogen-bond acceptors (Lipinski definition) is 7. The van der Waals surface area contributed by atoms with Gasteiger partial charge in [0, 0.05) is 6.07 Å². The molecule has 0 aliphatic carbocycles. The molecule has 6 nitrogen and oxygen atoms in total. The first-order valence-corrected chi connectivity index (χ1v) is 10.7. The Labute approximate surface area is 162 Å². The summed E-state index contributed by atoms with van der Waals surface area (Å²) in [4.78, 5) is 10.4. The van der Waals surface area contributed by atoms with Gasteiger partial charge in [-0.1, -0.05) is 17.7 Å². The number of ether oxygens (including phenoxy) is 1. The highest BCUT2D eigenvalue weighted by Crippen LogP contribution is 2.45. The summed E-state index contributed by atoms with van der Waals surface area (Å²) in [5.41, 5.74) is 5.68. The molecule has 2 N–H and O–H groups in total. The number of aromatic nitrogens is 1. The minimum Gasteiger partial charge on any atom is -0.481 e. The van der Waals surface area contributed by atoms with E-state index >= 15 is 0 Å². The molecule has 1 aliphatic heterocycles.